The fraction of sp³-hybridized carbons (Fsp3) is 0.706. The maximum atomic E-state index is 12.8. The number of likely N-dealkylation sites (tertiary alicyclic amines) is 1. The van der Waals surface area contributed by atoms with Crippen LogP contribution in [0.4, 0.5) is 18.0 Å². The number of urea groups is 1. The SMILES string of the molecule is O=C(O)C1CC2(CCC2)CN1C(=O)NC1CCc2nc(C(F)(F)F)cn2C1. The molecule has 3 heterocycles. The molecule has 2 N–H and O–H groups in total. The van der Waals surface area contributed by atoms with Crippen molar-refractivity contribution in [1.82, 2.24) is 19.8 Å². The van der Waals surface area contributed by atoms with E-state index in [9.17, 15) is 27.9 Å². The lowest BCUT2D eigenvalue weighted by Gasteiger charge is -2.38. The number of alkyl halides is 3. The molecule has 148 valence electrons. The lowest BCUT2D eigenvalue weighted by molar-refractivity contribution is -0.142. The number of carbonyl (C=O) groups excluding carboxylic acids is 1. The van der Waals surface area contributed by atoms with E-state index in [2.05, 4.69) is 10.3 Å². The van der Waals surface area contributed by atoms with Gasteiger partial charge in [0, 0.05) is 31.7 Å². The van der Waals surface area contributed by atoms with Gasteiger partial charge < -0.3 is 19.9 Å². The Kier molecular flexibility index (Phi) is 4.12. The van der Waals surface area contributed by atoms with E-state index in [1.54, 1.807) is 0 Å². The lowest BCUT2D eigenvalue weighted by atomic mass is 9.67. The van der Waals surface area contributed by atoms with Gasteiger partial charge in [0.25, 0.3) is 0 Å². The molecule has 1 saturated heterocycles. The van der Waals surface area contributed by atoms with Crippen LogP contribution in [0.5, 0.6) is 0 Å². The second-order valence-electron chi connectivity index (χ2n) is 7.92. The molecule has 1 aromatic heterocycles. The zero-order valence-electron chi connectivity index (χ0n) is 14.6. The number of fused-ring (bicyclic) bond motifs is 1. The number of amides is 2. The summed E-state index contributed by atoms with van der Waals surface area (Å²) in [5, 5.41) is 12.3. The van der Waals surface area contributed by atoms with Gasteiger partial charge in [-0.1, -0.05) is 6.42 Å². The van der Waals surface area contributed by atoms with Gasteiger partial charge in [0.1, 0.15) is 11.9 Å². The number of aryl methyl sites for hydroxylation is 1. The standard InChI is InChI=1S/C17H21F3N4O3/c18-17(19,20)12-8-23-7-10(2-3-13(23)22-12)21-15(27)24-9-16(4-1-5-16)6-11(24)14(25)26/h8,10-11H,1-7,9H2,(H,21,27)(H,25,26). The molecule has 2 atom stereocenters. The topological polar surface area (TPSA) is 87.5 Å². The minimum atomic E-state index is -4.50. The third kappa shape index (κ3) is 3.25. The van der Waals surface area contributed by atoms with Crippen molar-refractivity contribution in [2.24, 2.45) is 5.41 Å². The van der Waals surface area contributed by atoms with Crippen molar-refractivity contribution < 1.29 is 27.9 Å². The van der Waals surface area contributed by atoms with Crippen molar-refractivity contribution in [2.45, 2.75) is 63.3 Å². The van der Waals surface area contributed by atoms with Crippen LogP contribution in [0.1, 0.15) is 43.6 Å². The van der Waals surface area contributed by atoms with E-state index in [1.165, 1.54) is 9.47 Å². The van der Waals surface area contributed by atoms with Crippen LogP contribution >= 0.6 is 0 Å². The second-order valence-corrected chi connectivity index (χ2v) is 7.92. The molecule has 1 spiro atoms. The van der Waals surface area contributed by atoms with Gasteiger partial charge in [0.2, 0.25) is 0 Å². The fourth-order valence-corrected chi connectivity index (χ4v) is 4.49. The number of aliphatic carboxylic acids is 1. The Morgan fingerprint density at radius 1 is 1.33 bits per heavy atom. The fourth-order valence-electron chi connectivity index (χ4n) is 4.49. The summed E-state index contributed by atoms with van der Waals surface area (Å²) in [4.78, 5) is 29.2. The summed E-state index contributed by atoms with van der Waals surface area (Å²) in [6.45, 7) is 0.623. The first-order valence-electron chi connectivity index (χ1n) is 9.10. The monoisotopic (exact) mass is 386 g/mol. The Balaban J connectivity index is 1.43. The summed E-state index contributed by atoms with van der Waals surface area (Å²) in [5.74, 6) is -0.657. The van der Waals surface area contributed by atoms with Gasteiger partial charge in [0.05, 0.1) is 0 Å². The predicted octanol–water partition coefficient (Wildman–Crippen LogP) is 2.26. The van der Waals surface area contributed by atoms with E-state index in [0.29, 0.717) is 31.6 Å². The van der Waals surface area contributed by atoms with Crippen LogP contribution in [0.3, 0.4) is 0 Å². The minimum absolute atomic E-state index is 0.0773. The zero-order chi connectivity index (χ0) is 19.4. The van der Waals surface area contributed by atoms with Crippen LogP contribution in [0.2, 0.25) is 0 Å². The van der Waals surface area contributed by atoms with Crippen LogP contribution in [0.25, 0.3) is 0 Å². The van der Waals surface area contributed by atoms with E-state index in [0.717, 1.165) is 25.5 Å². The molecule has 3 aliphatic rings. The number of aromatic nitrogens is 2. The summed E-state index contributed by atoms with van der Waals surface area (Å²) in [6.07, 6.45) is 0.656. The number of hydrogen-bond acceptors (Lipinski definition) is 3. The molecule has 1 aromatic rings. The van der Waals surface area contributed by atoms with Gasteiger partial charge in [-0.25, -0.2) is 14.6 Å². The number of nitrogens with one attached hydrogen (secondary N) is 1. The Labute approximate surface area is 153 Å². The molecule has 7 nitrogen and oxygen atoms in total. The van der Waals surface area contributed by atoms with Crippen LogP contribution in [0, 0.1) is 5.41 Å². The molecular weight excluding hydrogens is 365 g/mol. The maximum absolute atomic E-state index is 12.8. The average Bonchev–Trinajstić information content (AvgIpc) is 3.15. The number of halogens is 3. The maximum Gasteiger partial charge on any atom is 0.434 e. The lowest BCUT2D eigenvalue weighted by Crippen LogP contribution is -2.51. The molecule has 27 heavy (non-hydrogen) atoms. The van der Waals surface area contributed by atoms with Crippen molar-refractivity contribution in [3.8, 4) is 0 Å². The van der Waals surface area contributed by atoms with Crippen molar-refractivity contribution in [2.75, 3.05) is 6.54 Å². The van der Waals surface area contributed by atoms with Crippen molar-refractivity contribution >= 4 is 12.0 Å². The highest BCUT2D eigenvalue weighted by molar-refractivity contribution is 5.83. The first kappa shape index (κ1) is 18.1. The van der Waals surface area contributed by atoms with Gasteiger partial charge in [0.15, 0.2) is 5.69 Å². The van der Waals surface area contributed by atoms with Crippen LogP contribution in [0.15, 0.2) is 6.20 Å². The molecule has 2 aliphatic heterocycles. The van der Waals surface area contributed by atoms with E-state index in [-0.39, 0.29) is 18.0 Å². The number of nitrogens with zero attached hydrogens (tertiary/aromatic N) is 3. The number of carboxylic acids is 1. The normalized spacial score (nSPS) is 26.6. The van der Waals surface area contributed by atoms with Gasteiger partial charge >= 0.3 is 18.2 Å². The summed E-state index contributed by atoms with van der Waals surface area (Å²) in [7, 11) is 0. The van der Waals surface area contributed by atoms with E-state index < -0.39 is 29.9 Å². The molecule has 0 bridgehead atoms. The Morgan fingerprint density at radius 2 is 2.07 bits per heavy atom. The number of rotatable bonds is 2. The molecule has 4 rings (SSSR count). The third-order valence-corrected chi connectivity index (χ3v) is 6.08. The number of carboxylic acid groups (broad SMARTS) is 1. The number of carbonyl (C=O) groups is 2. The smallest absolute Gasteiger partial charge is 0.434 e. The van der Waals surface area contributed by atoms with Gasteiger partial charge in [-0.15, -0.1) is 0 Å². The van der Waals surface area contributed by atoms with E-state index in [4.69, 9.17) is 0 Å². The Bertz CT molecular complexity index is 772. The van der Waals surface area contributed by atoms with Crippen molar-refractivity contribution in [3.63, 3.8) is 0 Å². The first-order chi connectivity index (χ1) is 12.7. The highest BCUT2D eigenvalue weighted by Crippen LogP contribution is 2.50. The molecule has 2 fully saturated rings. The zero-order valence-corrected chi connectivity index (χ0v) is 14.6. The number of hydrogen-bond donors (Lipinski definition) is 2. The minimum Gasteiger partial charge on any atom is -0.480 e. The highest BCUT2D eigenvalue weighted by atomic mass is 19.4. The summed E-state index contributed by atoms with van der Waals surface area (Å²) in [6, 6.07) is -1.64. The van der Waals surface area contributed by atoms with E-state index in [1.807, 2.05) is 0 Å². The van der Waals surface area contributed by atoms with Crippen molar-refractivity contribution in [1.29, 1.82) is 0 Å². The third-order valence-electron chi connectivity index (χ3n) is 6.08. The Hall–Kier alpha value is -2.26. The largest absolute Gasteiger partial charge is 0.480 e. The van der Waals surface area contributed by atoms with Gasteiger partial charge in [-0.2, -0.15) is 13.2 Å². The highest BCUT2D eigenvalue weighted by Gasteiger charge is 2.51. The Morgan fingerprint density at radius 3 is 2.67 bits per heavy atom. The quantitative estimate of drug-likeness (QED) is 0.816. The molecule has 2 unspecified atom stereocenters. The molecule has 10 heteroatoms. The predicted molar refractivity (Wildman–Crippen MR) is 86.9 cm³/mol. The van der Waals surface area contributed by atoms with Crippen LogP contribution in [-0.2, 0) is 23.9 Å². The number of imidazole rings is 1. The van der Waals surface area contributed by atoms with Crippen LogP contribution in [-0.4, -0.2) is 50.2 Å². The second kappa shape index (κ2) is 6.13. The molecular formula is C17H21F3N4O3. The summed E-state index contributed by atoms with van der Waals surface area (Å²) < 4.78 is 39.8. The summed E-state index contributed by atoms with van der Waals surface area (Å²) >= 11 is 0. The van der Waals surface area contributed by atoms with Crippen LogP contribution < -0.4 is 5.32 Å². The molecule has 2 amide bonds. The van der Waals surface area contributed by atoms with E-state index >= 15 is 0 Å². The van der Waals surface area contributed by atoms with Crippen molar-refractivity contribution in [3.05, 3.63) is 17.7 Å². The average molecular weight is 386 g/mol. The summed E-state index contributed by atoms with van der Waals surface area (Å²) in [5.41, 5.74) is -1.01. The molecule has 0 radical (unpaired) electrons. The molecule has 1 saturated carbocycles. The first-order valence-corrected chi connectivity index (χ1v) is 9.10. The van der Waals surface area contributed by atoms with Gasteiger partial charge in [-0.3, -0.25) is 0 Å². The molecule has 1 aliphatic carbocycles. The molecule has 0 aromatic carbocycles. The van der Waals surface area contributed by atoms with Gasteiger partial charge in [-0.05, 0) is 31.1 Å².